The van der Waals surface area contributed by atoms with Gasteiger partial charge < -0.3 is 15.9 Å². The summed E-state index contributed by atoms with van der Waals surface area (Å²) in [5, 5.41) is 17.4. The van der Waals surface area contributed by atoms with Crippen LogP contribution in [0, 0.1) is 0 Å². The van der Waals surface area contributed by atoms with E-state index in [0.717, 1.165) is 5.75 Å². The van der Waals surface area contributed by atoms with Gasteiger partial charge >= 0.3 is 0 Å². The van der Waals surface area contributed by atoms with Crippen molar-refractivity contribution < 1.29 is 10.2 Å². The van der Waals surface area contributed by atoms with Crippen LogP contribution in [0.5, 0.6) is 0 Å². The van der Waals surface area contributed by atoms with E-state index in [2.05, 4.69) is 0 Å². The molecule has 4 heteroatoms. The van der Waals surface area contributed by atoms with Gasteiger partial charge in [0.2, 0.25) is 0 Å². The lowest BCUT2D eigenvalue weighted by molar-refractivity contribution is 0.279. The van der Waals surface area contributed by atoms with Gasteiger partial charge in [-0.2, -0.15) is 11.8 Å². The van der Waals surface area contributed by atoms with Crippen molar-refractivity contribution in [2.24, 2.45) is 5.73 Å². The van der Waals surface area contributed by atoms with Crippen LogP contribution in [-0.2, 0) is 0 Å². The Bertz CT molecular complexity index is 92.5. The van der Waals surface area contributed by atoms with Crippen LogP contribution in [0.3, 0.4) is 0 Å². The molecule has 0 radical (unpaired) electrons. The minimum atomic E-state index is 0.0546. The maximum atomic E-state index is 8.67. The van der Waals surface area contributed by atoms with Crippen LogP contribution in [0.2, 0.25) is 0 Å². The molecule has 0 aliphatic heterocycles. The largest absolute Gasteiger partial charge is 0.396 e. The molecule has 0 aromatic carbocycles. The first-order valence-electron chi connectivity index (χ1n) is 3.79. The van der Waals surface area contributed by atoms with Crippen LogP contribution >= 0.6 is 11.8 Å². The van der Waals surface area contributed by atoms with Crippen molar-refractivity contribution in [3.63, 3.8) is 0 Å². The first-order valence-corrected chi connectivity index (χ1v) is 4.84. The summed E-state index contributed by atoms with van der Waals surface area (Å²) >= 11 is 1.64. The van der Waals surface area contributed by atoms with E-state index < -0.39 is 0 Å². The van der Waals surface area contributed by atoms with Gasteiger partial charge in [0.25, 0.3) is 0 Å². The van der Waals surface area contributed by atoms with Crippen molar-refractivity contribution in [1.82, 2.24) is 0 Å². The molecule has 0 saturated carbocycles. The number of hydrogen-bond donors (Lipinski definition) is 3. The number of aliphatic hydroxyl groups excluding tert-OH is 2. The van der Waals surface area contributed by atoms with Gasteiger partial charge in [-0.25, -0.2) is 0 Å². The van der Waals surface area contributed by atoms with E-state index in [-0.39, 0.29) is 24.5 Å². The Balaban J connectivity index is 3.22. The molecule has 2 atom stereocenters. The zero-order valence-corrected chi connectivity index (χ0v) is 7.68. The average Bonchev–Trinajstić information content (AvgIpc) is 2.01. The third-order valence-corrected chi connectivity index (χ3v) is 2.69. The second-order valence-corrected chi connectivity index (χ2v) is 4.07. The summed E-state index contributed by atoms with van der Waals surface area (Å²) in [4.78, 5) is 0. The molecule has 11 heavy (non-hydrogen) atoms. The predicted molar refractivity (Wildman–Crippen MR) is 48.7 cm³/mol. The Hall–Kier alpha value is 0.230. The van der Waals surface area contributed by atoms with Crippen molar-refractivity contribution in [3.05, 3.63) is 0 Å². The minimum absolute atomic E-state index is 0.0546. The summed E-state index contributed by atoms with van der Waals surface area (Å²) in [5.41, 5.74) is 5.62. The molecular weight excluding hydrogens is 162 g/mol. The van der Waals surface area contributed by atoms with Gasteiger partial charge in [0.1, 0.15) is 0 Å². The van der Waals surface area contributed by atoms with Gasteiger partial charge in [-0.1, -0.05) is 6.92 Å². The summed E-state index contributed by atoms with van der Waals surface area (Å²) < 4.78 is 0. The third kappa shape index (κ3) is 6.62. The molecule has 0 rings (SSSR count). The second-order valence-electron chi connectivity index (χ2n) is 2.60. The Morgan fingerprint density at radius 2 is 2.09 bits per heavy atom. The molecule has 0 amide bonds. The van der Waals surface area contributed by atoms with Gasteiger partial charge in [-0.05, 0) is 6.42 Å². The predicted octanol–water partition coefficient (Wildman–Crippen LogP) is -0.190. The zero-order chi connectivity index (χ0) is 8.69. The first-order chi connectivity index (χ1) is 5.20. The summed E-state index contributed by atoms with van der Waals surface area (Å²) in [7, 11) is 0. The smallest absolute Gasteiger partial charge is 0.0547 e. The van der Waals surface area contributed by atoms with Gasteiger partial charge in [0, 0.05) is 23.7 Å². The van der Waals surface area contributed by atoms with Crippen molar-refractivity contribution in [2.75, 3.05) is 19.0 Å². The van der Waals surface area contributed by atoms with Crippen molar-refractivity contribution in [3.8, 4) is 0 Å². The highest BCUT2D eigenvalue weighted by atomic mass is 32.2. The average molecular weight is 179 g/mol. The van der Waals surface area contributed by atoms with Crippen molar-refractivity contribution in [2.45, 2.75) is 24.6 Å². The molecule has 3 nitrogen and oxygen atoms in total. The maximum Gasteiger partial charge on any atom is 0.0547 e. The van der Waals surface area contributed by atoms with Gasteiger partial charge in [-0.3, -0.25) is 0 Å². The number of hydrogen-bond acceptors (Lipinski definition) is 4. The normalized spacial score (nSPS) is 16.4. The molecule has 0 bridgehead atoms. The summed E-state index contributed by atoms with van der Waals surface area (Å²) in [6.45, 7) is 2.29. The monoisotopic (exact) mass is 179 g/mol. The molecule has 0 fully saturated rings. The maximum absolute atomic E-state index is 8.67. The van der Waals surface area contributed by atoms with E-state index in [4.69, 9.17) is 15.9 Å². The first kappa shape index (κ1) is 11.2. The van der Waals surface area contributed by atoms with E-state index in [0.29, 0.717) is 6.42 Å². The number of nitrogens with two attached hydrogens (primary N) is 1. The molecule has 0 aliphatic carbocycles. The highest BCUT2D eigenvalue weighted by molar-refractivity contribution is 7.99. The number of aliphatic hydroxyl groups is 2. The highest BCUT2D eigenvalue weighted by Crippen LogP contribution is 2.10. The fourth-order valence-corrected chi connectivity index (χ4v) is 1.44. The Morgan fingerprint density at radius 1 is 1.45 bits per heavy atom. The molecule has 0 saturated heterocycles. The summed E-state index contributed by atoms with van der Waals surface area (Å²) in [5.74, 6) is 0.808. The van der Waals surface area contributed by atoms with Crippen LogP contribution in [-0.4, -0.2) is 40.5 Å². The molecule has 0 aliphatic rings. The molecule has 0 spiro atoms. The standard InChI is InChI=1S/C7H17NO2S/c1-6(4-10)11-5-7(8)2-3-9/h6-7,9-10H,2-5,8H2,1H3. The summed E-state index contributed by atoms with van der Waals surface area (Å²) in [6, 6.07) is 0.0546. The lowest BCUT2D eigenvalue weighted by Crippen LogP contribution is -2.25. The molecule has 4 N–H and O–H groups in total. The van der Waals surface area contributed by atoms with Crippen LogP contribution in [0.15, 0.2) is 0 Å². The molecule has 2 unspecified atom stereocenters. The van der Waals surface area contributed by atoms with Crippen LogP contribution in [0.1, 0.15) is 13.3 Å². The van der Waals surface area contributed by atoms with E-state index >= 15 is 0 Å². The van der Waals surface area contributed by atoms with Gasteiger partial charge in [0.05, 0.1) is 6.61 Å². The Labute approximate surface area is 72.0 Å². The van der Waals surface area contributed by atoms with Crippen LogP contribution in [0.4, 0.5) is 0 Å². The number of rotatable bonds is 6. The minimum Gasteiger partial charge on any atom is -0.396 e. The fourth-order valence-electron chi connectivity index (χ4n) is 0.590. The molecule has 68 valence electrons. The van der Waals surface area contributed by atoms with Crippen molar-refractivity contribution in [1.29, 1.82) is 0 Å². The molecule has 0 heterocycles. The SMILES string of the molecule is CC(CO)SCC(N)CCO. The van der Waals surface area contributed by atoms with Crippen LogP contribution in [0.25, 0.3) is 0 Å². The molecule has 0 aromatic heterocycles. The zero-order valence-electron chi connectivity index (χ0n) is 6.86. The molecular formula is C7H17NO2S. The summed E-state index contributed by atoms with van der Waals surface area (Å²) in [6.07, 6.45) is 0.644. The van der Waals surface area contributed by atoms with Crippen molar-refractivity contribution >= 4 is 11.8 Å². The lowest BCUT2D eigenvalue weighted by Gasteiger charge is -2.12. The fraction of sp³-hybridized carbons (Fsp3) is 1.00. The van der Waals surface area contributed by atoms with Crippen LogP contribution < -0.4 is 5.73 Å². The highest BCUT2D eigenvalue weighted by Gasteiger charge is 2.05. The van der Waals surface area contributed by atoms with E-state index in [9.17, 15) is 0 Å². The topological polar surface area (TPSA) is 66.5 Å². The van der Waals surface area contributed by atoms with Gasteiger partial charge in [0.15, 0.2) is 0 Å². The number of thioether (sulfide) groups is 1. The second kappa shape index (κ2) is 6.91. The van der Waals surface area contributed by atoms with E-state index in [1.165, 1.54) is 0 Å². The Morgan fingerprint density at radius 3 is 2.55 bits per heavy atom. The quantitative estimate of drug-likeness (QED) is 0.529. The van der Waals surface area contributed by atoms with E-state index in [1.807, 2.05) is 6.92 Å². The molecule has 0 aromatic rings. The van der Waals surface area contributed by atoms with Gasteiger partial charge in [-0.15, -0.1) is 0 Å². The van der Waals surface area contributed by atoms with E-state index in [1.54, 1.807) is 11.8 Å². The lowest BCUT2D eigenvalue weighted by atomic mass is 10.3. The Kier molecular flexibility index (Phi) is 7.06. The third-order valence-electron chi connectivity index (χ3n) is 1.35.